The minimum absolute atomic E-state index is 0.0319. The van der Waals surface area contributed by atoms with Gasteiger partial charge in [-0.3, -0.25) is 4.79 Å². The molecule has 0 aliphatic heterocycles. The Labute approximate surface area is 166 Å². The molecule has 1 N–H and O–H groups in total. The lowest BCUT2D eigenvalue weighted by molar-refractivity contribution is -0.117. The van der Waals surface area contributed by atoms with Gasteiger partial charge in [0, 0.05) is 0 Å². The largest absolute Gasteiger partial charge is 0.493 e. The third kappa shape index (κ3) is 5.88. The van der Waals surface area contributed by atoms with E-state index in [4.69, 9.17) is 9.47 Å². The summed E-state index contributed by atoms with van der Waals surface area (Å²) in [5.74, 6) is 0.801. The van der Waals surface area contributed by atoms with E-state index in [1.165, 1.54) is 0 Å². The summed E-state index contributed by atoms with van der Waals surface area (Å²) in [6.07, 6.45) is 3.56. The lowest BCUT2D eigenvalue weighted by Crippen LogP contribution is -2.27. The second-order valence-corrected chi connectivity index (χ2v) is 6.39. The van der Waals surface area contributed by atoms with Crippen molar-refractivity contribution in [2.24, 2.45) is 0 Å². The highest BCUT2D eigenvalue weighted by molar-refractivity contribution is 6.01. The fourth-order valence-corrected chi connectivity index (χ4v) is 2.63. The molecule has 0 fully saturated rings. The van der Waals surface area contributed by atoms with Gasteiger partial charge in [0.25, 0.3) is 5.91 Å². The molecule has 2 aromatic rings. The lowest BCUT2D eigenvalue weighted by Gasteiger charge is -2.14. The number of amides is 1. The van der Waals surface area contributed by atoms with Gasteiger partial charge in [-0.15, -0.1) is 0 Å². The fourth-order valence-electron chi connectivity index (χ4n) is 2.63. The zero-order valence-corrected chi connectivity index (χ0v) is 16.6. The van der Waals surface area contributed by atoms with Crippen LogP contribution in [0, 0.1) is 11.3 Å². The van der Waals surface area contributed by atoms with E-state index in [2.05, 4.69) is 12.2 Å². The first-order chi connectivity index (χ1) is 13.6. The average molecular weight is 378 g/mol. The van der Waals surface area contributed by atoms with Crippen LogP contribution in [0.4, 0.5) is 0 Å². The van der Waals surface area contributed by atoms with E-state index in [0.717, 1.165) is 18.4 Å². The molecule has 0 unspecified atom stereocenters. The molecule has 28 heavy (non-hydrogen) atoms. The summed E-state index contributed by atoms with van der Waals surface area (Å²) in [5.41, 5.74) is 1.70. The monoisotopic (exact) mass is 378 g/mol. The number of hydrogen-bond donors (Lipinski definition) is 1. The highest BCUT2D eigenvalue weighted by Gasteiger charge is 2.14. The van der Waals surface area contributed by atoms with Gasteiger partial charge in [-0.2, -0.15) is 5.26 Å². The molecule has 5 nitrogen and oxygen atoms in total. The standard InChI is InChI=1S/C23H26N2O3/c1-4-5-13-28-21-12-11-18(15-22(21)27-3)14-20(16-24)23(26)25-17(2)19-9-7-6-8-10-19/h6-12,14-15,17H,4-5,13H2,1-3H3,(H,25,26)/b20-14+/t17-/m0/s1. The van der Waals surface area contributed by atoms with Gasteiger partial charge in [0.05, 0.1) is 19.8 Å². The van der Waals surface area contributed by atoms with E-state index in [1.54, 1.807) is 31.4 Å². The van der Waals surface area contributed by atoms with Crippen molar-refractivity contribution in [2.45, 2.75) is 32.7 Å². The number of hydrogen-bond acceptors (Lipinski definition) is 4. The topological polar surface area (TPSA) is 71.3 Å². The smallest absolute Gasteiger partial charge is 0.262 e. The molecule has 0 radical (unpaired) electrons. The maximum absolute atomic E-state index is 12.5. The molecule has 0 aromatic heterocycles. The van der Waals surface area contributed by atoms with Gasteiger partial charge in [-0.25, -0.2) is 0 Å². The maximum Gasteiger partial charge on any atom is 0.262 e. The average Bonchev–Trinajstić information content (AvgIpc) is 2.73. The van der Waals surface area contributed by atoms with Gasteiger partial charge in [-0.05, 0) is 42.7 Å². The highest BCUT2D eigenvalue weighted by atomic mass is 16.5. The Kier molecular flexibility index (Phi) is 8.11. The first-order valence-corrected chi connectivity index (χ1v) is 9.37. The molecule has 2 rings (SSSR count). The van der Waals surface area contributed by atoms with E-state index in [-0.39, 0.29) is 11.6 Å². The summed E-state index contributed by atoms with van der Waals surface area (Å²) in [6.45, 7) is 4.60. The van der Waals surface area contributed by atoms with Crippen molar-refractivity contribution >= 4 is 12.0 Å². The predicted molar refractivity (Wildman–Crippen MR) is 110 cm³/mol. The molecule has 0 saturated carbocycles. The van der Waals surface area contributed by atoms with Crippen LogP contribution in [0.15, 0.2) is 54.1 Å². The summed E-state index contributed by atoms with van der Waals surface area (Å²) < 4.78 is 11.1. The van der Waals surface area contributed by atoms with E-state index >= 15 is 0 Å². The number of carbonyl (C=O) groups excluding carboxylic acids is 1. The summed E-state index contributed by atoms with van der Waals surface area (Å²) in [6, 6.07) is 16.7. The minimum atomic E-state index is -0.416. The molecule has 146 valence electrons. The third-order valence-corrected chi connectivity index (χ3v) is 4.27. The molecular weight excluding hydrogens is 352 g/mol. The molecule has 0 spiro atoms. The Balaban J connectivity index is 2.14. The van der Waals surface area contributed by atoms with Crippen molar-refractivity contribution in [2.75, 3.05) is 13.7 Å². The normalized spacial score (nSPS) is 12.0. The van der Waals surface area contributed by atoms with Crippen molar-refractivity contribution in [3.63, 3.8) is 0 Å². The minimum Gasteiger partial charge on any atom is -0.493 e. The number of rotatable bonds is 9. The van der Waals surface area contributed by atoms with Gasteiger partial charge in [0.2, 0.25) is 0 Å². The highest BCUT2D eigenvalue weighted by Crippen LogP contribution is 2.29. The predicted octanol–water partition coefficient (Wildman–Crippen LogP) is 4.66. The van der Waals surface area contributed by atoms with E-state index < -0.39 is 5.91 Å². The van der Waals surface area contributed by atoms with Crippen LogP contribution in [0.1, 0.15) is 43.9 Å². The molecule has 5 heteroatoms. The summed E-state index contributed by atoms with van der Waals surface area (Å²) in [4.78, 5) is 12.5. The van der Waals surface area contributed by atoms with Crippen LogP contribution >= 0.6 is 0 Å². The zero-order valence-electron chi connectivity index (χ0n) is 16.6. The molecule has 0 bridgehead atoms. The first kappa shape index (κ1) is 21.0. The maximum atomic E-state index is 12.5. The summed E-state index contributed by atoms with van der Waals surface area (Å²) in [5, 5.41) is 12.3. The fraction of sp³-hybridized carbons (Fsp3) is 0.304. The van der Waals surface area contributed by atoms with Crippen LogP contribution in [0.2, 0.25) is 0 Å². The summed E-state index contributed by atoms with van der Waals surface area (Å²) >= 11 is 0. The van der Waals surface area contributed by atoms with Crippen molar-refractivity contribution in [1.29, 1.82) is 5.26 Å². The van der Waals surface area contributed by atoms with E-state index in [0.29, 0.717) is 23.7 Å². The number of unbranched alkanes of at least 4 members (excludes halogenated alkanes) is 1. The number of methoxy groups -OCH3 is 1. The van der Waals surface area contributed by atoms with E-state index in [1.807, 2.05) is 43.3 Å². The second-order valence-electron chi connectivity index (χ2n) is 6.39. The lowest BCUT2D eigenvalue weighted by atomic mass is 10.1. The number of ether oxygens (including phenoxy) is 2. The first-order valence-electron chi connectivity index (χ1n) is 9.37. The Morgan fingerprint density at radius 3 is 2.61 bits per heavy atom. The molecular formula is C23H26N2O3. The molecule has 0 aliphatic rings. The van der Waals surface area contributed by atoms with Crippen LogP contribution < -0.4 is 14.8 Å². The Hall–Kier alpha value is -3.26. The number of nitrogens with zero attached hydrogens (tertiary/aromatic N) is 1. The van der Waals surface area contributed by atoms with Crippen molar-refractivity contribution in [3.05, 3.63) is 65.2 Å². The molecule has 1 atom stereocenters. The number of nitriles is 1. The Bertz CT molecular complexity index is 854. The molecule has 2 aromatic carbocycles. The SMILES string of the molecule is CCCCOc1ccc(/C=C(\C#N)C(=O)N[C@@H](C)c2ccccc2)cc1OC. The Morgan fingerprint density at radius 1 is 1.21 bits per heavy atom. The van der Waals surface area contributed by atoms with E-state index in [9.17, 15) is 10.1 Å². The van der Waals surface area contributed by atoms with Crippen molar-refractivity contribution < 1.29 is 14.3 Å². The van der Waals surface area contributed by atoms with Crippen LogP contribution in [-0.2, 0) is 4.79 Å². The van der Waals surface area contributed by atoms with Gasteiger partial charge in [0.1, 0.15) is 11.6 Å². The quantitative estimate of drug-likeness (QED) is 0.391. The van der Waals surface area contributed by atoms with Gasteiger partial charge in [0.15, 0.2) is 11.5 Å². The van der Waals surface area contributed by atoms with Gasteiger partial charge in [-0.1, -0.05) is 49.7 Å². The molecule has 0 saturated heterocycles. The number of carbonyl (C=O) groups is 1. The second kappa shape index (κ2) is 10.8. The molecule has 0 heterocycles. The van der Waals surface area contributed by atoms with Gasteiger partial charge >= 0.3 is 0 Å². The summed E-state index contributed by atoms with van der Waals surface area (Å²) in [7, 11) is 1.56. The van der Waals surface area contributed by atoms with Crippen molar-refractivity contribution in [3.8, 4) is 17.6 Å². The zero-order chi connectivity index (χ0) is 20.4. The van der Waals surface area contributed by atoms with Crippen LogP contribution in [0.25, 0.3) is 6.08 Å². The van der Waals surface area contributed by atoms with Gasteiger partial charge < -0.3 is 14.8 Å². The van der Waals surface area contributed by atoms with Crippen LogP contribution in [-0.4, -0.2) is 19.6 Å². The number of nitrogens with one attached hydrogen (secondary N) is 1. The van der Waals surface area contributed by atoms with Crippen molar-refractivity contribution in [1.82, 2.24) is 5.32 Å². The van der Waals surface area contributed by atoms with Crippen LogP contribution in [0.3, 0.4) is 0 Å². The van der Waals surface area contributed by atoms with Crippen LogP contribution in [0.5, 0.6) is 11.5 Å². The third-order valence-electron chi connectivity index (χ3n) is 4.27. The molecule has 0 aliphatic carbocycles. The number of benzene rings is 2. The Morgan fingerprint density at radius 2 is 1.96 bits per heavy atom. The molecule has 1 amide bonds.